The molecule has 0 aliphatic rings. The summed E-state index contributed by atoms with van der Waals surface area (Å²) in [5.41, 5.74) is 1.65. The van der Waals surface area contributed by atoms with E-state index in [9.17, 15) is 0 Å². The van der Waals surface area contributed by atoms with Gasteiger partial charge in [0.15, 0.2) is 0 Å². The molecule has 0 amide bonds. The molecule has 1 N–H and O–H groups in total. The Labute approximate surface area is 113 Å². The van der Waals surface area contributed by atoms with Crippen LogP contribution in [0.25, 0.3) is 0 Å². The Kier molecular flexibility index (Phi) is 5.25. The lowest BCUT2D eigenvalue weighted by molar-refractivity contribution is 0.273. The lowest BCUT2D eigenvalue weighted by Crippen LogP contribution is -2.32. The topological polar surface area (TPSA) is 12.0 Å². The predicted octanol–water partition coefficient (Wildman–Crippen LogP) is 4.38. The molecule has 0 aromatic heterocycles. The molecule has 1 atom stereocenters. The van der Waals surface area contributed by atoms with Crippen molar-refractivity contribution in [3.05, 3.63) is 33.4 Å². The van der Waals surface area contributed by atoms with Crippen LogP contribution in [-0.4, -0.2) is 6.54 Å². The highest BCUT2D eigenvalue weighted by Crippen LogP contribution is 2.33. The molecule has 0 saturated carbocycles. The summed E-state index contributed by atoms with van der Waals surface area (Å²) in [5.74, 6) is 0. The van der Waals surface area contributed by atoms with Gasteiger partial charge in [0.1, 0.15) is 0 Å². The third-order valence-electron chi connectivity index (χ3n) is 2.65. The van der Waals surface area contributed by atoms with Crippen molar-refractivity contribution in [1.29, 1.82) is 0 Å². The fourth-order valence-corrected chi connectivity index (χ4v) is 2.47. The van der Waals surface area contributed by atoms with Gasteiger partial charge in [0.05, 0.1) is 0 Å². The van der Waals surface area contributed by atoms with Gasteiger partial charge in [0, 0.05) is 9.61 Å². The summed E-state index contributed by atoms with van der Waals surface area (Å²) in [4.78, 5) is 0. The molecule has 0 aliphatic heterocycles. The summed E-state index contributed by atoms with van der Waals surface area (Å²) in [6.07, 6.45) is 1.18. The van der Waals surface area contributed by atoms with E-state index in [2.05, 4.69) is 79.9 Å². The summed E-state index contributed by atoms with van der Waals surface area (Å²) in [6.45, 7) is 10.2. The van der Waals surface area contributed by atoms with Crippen LogP contribution in [0.15, 0.2) is 24.3 Å². The zero-order valence-electron chi connectivity index (χ0n) is 10.7. The highest BCUT2D eigenvalue weighted by molar-refractivity contribution is 14.1. The van der Waals surface area contributed by atoms with Crippen LogP contribution in [0.4, 0.5) is 0 Å². The van der Waals surface area contributed by atoms with Crippen molar-refractivity contribution in [1.82, 2.24) is 5.32 Å². The maximum Gasteiger partial charge on any atom is 0.0369 e. The second kappa shape index (κ2) is 6.01. The van der Waals surface area contributed by atoms with E-state index < -0.39 is 0 Å². The standard InChI is InChI=1S/C14H22IN/c1-5-9-16-13(14(2,3)4)11-7-6-8-12(15)10-11/h6-8,10,13,16H,5,9H2,1-4H3. The maximum absolute atomic E-state index is 3.65. The number of hydrogen-bond donors (Lipinski definition) is 1. The molecule has 1 rings (SSSR count). The van der Waals surface area contributed by atoms with Gasteiger partial charge in [-0.3, -0.25) is 0 Å². The fourth-order valence-electron chi connectivity index (χ4n) is 1.90. The number of nitrogens with one attached hydrogen (secondary N) is 1. The molecule has 90 valence electrons. The van der Waals surface area contributed by atoms with E-state index in [1.54, 1.807) is 0 Å². The van der Waals surface area contributed by atoms with Crippen LogP contribution in [0, 0.1) is 8.99 Å². The number of halogens is 1. The predicted molar refractivity (Wildman–Crippen MR) is 79.6 cm³/mol. The molecule has 1 aromatic rings. The first-order chi connectivity index (χ1) is 7.45. The molecule has 2 heteroatoms. The van der Waals surface area contributed by atoms with E-state index in [1.807, 2.05) is 0 Å². The Balaban J connectivity index is 2.92. The van der Waals surface area contributed by atoms with Crippen molar-refractivity contribution in [2.75, 3.05) is 6.54 Å². The Hall–Kier alpha value is -0.0900. The first-order valence-electron chi connectivity index (χ1n) is 5.94. The van der Waals surface area contributed by atoms with Gasteiger partial charge in [-0.1, -0.05) is 39.8 Å². The number of rotatable bonds is 4. The molecule has 16 heavy (non-hydrogen) atoms. The number of hydrogen-bond acceptors (Lipinski definition) is 1. The van der Waals surface area contributed by atoms with Crippen molar-refractivity contribution in [2.24, 2.45) is 5.41 Å². The smallest absolute Gasteiger partial charge is 0.0369 e. The van der Waals surface area contributed by atoms with E-state index in [0.717, 1.165) is 6.54 Å². The molecule has 0 spiro atoms. The van der Waals surface area contributed by atoms with Crippen molar-refractivity contribution < 1.29 is 0 Å². The normalized spacial score (nSPS) is 13.8. The summed E-state index contributed by atoms with van der Waals surface area (Å²) >= 11 is 2.38. The fraction of sp³-hybridized carbons (Fsp3) is 0.571. The van der Waals surface area contributed by atoms with Gasteiger partial charge in [-0.25, -0.2) is 0 Å². The van der Waals surface area contributed by atoms with E-state index in [0.29, 0.717) is 6.04 Å². The largest absolute Gasteiger partial charge is 0.309 e. The Bertz CT molecular complexity index is 328. The summed E-state index contributed by atoms with van der Waals surface area (Å²) in [7, 11) is 0. The summed E-state index contributed by atoms with van der Waals surface area (Å²) in [6, 6.07) is 9.22. The quantitative estimate of drug-likeness (QED) is 0.808. The first kappa shape index (κ1) is 14.0. The van der Waals surface area contributed by atoms with E-state index in [-0.39, 0.29) is 5.41 Å². The lowest BCUT2D eigenvalue weighted by Gasteiger charge is -2.32. The van der Waals surface area contributed by atoms with Gasteiger partial charge in [-0.15, -0.1) is 0 Å². The van der Waals surface area contributed by atoms with Crippen LogP contribution in [0.2, 0.25) is 0 Å². The second-order valence-corrected chi connectivity index (χ2v) is 6.55. The molecule has 1 aromatic carbocycles. The maximum atomic E-state index is 3.65. The highest BCUT2D eigenvalue weighted by atomic mass is 127. The minimum atomic E-state index is 0.250. The van der Waals surface area contributed by atoms with E-state index >= 15 is 0 Å². The van der Waals surface area contributed by atoms with Gasteiger partial charge < -0.3 is 5.32 Å². The summed E-state index contributed by atoms with van der Waals surface area (Å²) in [5, 5.41) is 3.65. The van der Waals surface area contributed by atoms with Crippen LogP contribution in [-0.2, 0) is 0 Å². The van der Waals surface area contributed by atoms with E-state index in [1.165, 1.54) is 15.6 Å². The number of benzene rings is 1. The minimum Gasteiger partial charge on any atom is -0.309 e. The molecule has 0 saturated heterocycles. The Morgan fingerprint density at radius 2 is 2.00 bits per heavy atom. The van der Waals surface area contributed by atoms with E-state index in [4.69, 9.17) is 0 Å². The molecule has 0 heterocycles. The Morgan fingerprint density at radius 1 is 1.31 bits per heavy atom. The second-order valence-electron chi connectivity index (χ2n) is 5.31. The average molecular weight is 331 g/mol. The molecule has 0 radical (unpaired) electrons. The zero-order chi connectivity index (χ0) is 12.2. The first-order valence-corrected chi connectivity index (χ1v) is 7.02. The minimum absolute atomic E-state index is 0.250. The monoisotopic (exact) mass is 331 g/mol. The van der Waals surface area contributed by atoms with Crippen LogP contribution in [0.3, 0.4) is 0 Å². The van der Waals surface area contributed by atoms with Crippen molar-refractivity contribution >= 4 is 22.6 Å². The average Bonchev–Trinajstić information content (AvgIpc) is 2.16. The van der Waals surface area contributed by atoms with Crippen molar-refractivity contribution in [3.8, 4) is 0 Å². The van der Waals surface area contributed by atoms with Crippen LogP contribution < -0.4 is 5.32 Å². The van der Waals surface area contributed by atoms with Gasteiger partial charge in [-0.2, -0.15) is 0 Å². The molecular formula is C14H22IN. The molecule has 1 unspecified atom stereocenters. The van der Waals surface area contributed by atoms with Crippen LogP contribution >= 0.6 is 22.6 Å². The highest BCUT2D eigenvalue weighted by Gasteiger charge is 2.25. The van der Waals surface area contributed by atoms with Crippen LogP contribution in [0.1, 0.15) is 45.7 Å². The van der Waals surface area contributed by atoms with Gasteiger partial charge >= 0.3 is 0 Å². The van der Waals surface area contributed by atoms with Crippen LogP contribution in [0.5, 0.6) is 0 Å². The Morgan fingerprint density at radius 3 is 2.50 bits per heavy atom. The summed E-state index contributed by atoms with van der Waals surface area (Å²) < 4.78 is 1.31. The molecular weight excluding hydrogens is 309 g/mol. The third-order valence-corrected chi connectivity index (χ3v) is 3.32. The molecule has 1 nitrogen and oxygen atoms in total. The van der Waals surface area contributed by atoms with Gasteiger partial charge in [0.25, 0.3) is 0 Å². The SMILES string of the molecule is CCCNC(c1cccc(I)c1)C(C)(C)C. The van der Waals surface area contributed by atoms with Crippen molar-refractivity contribution in [2.45, 2.75) is 40.2 Å². The van der Waals surface area contributed by atoms with Gasteiger partial charge in [0.2, 0.25) is 0 Å². The molecule has 0 fully saturated rings. The third kappa shape index (κ3) is 4.06. The lowest BCUT2D eigenvalue weighted by atomic mass is 9.82. The van der Waals surface area contributed by atoms with Crippen molar-refractivity contribution in [3.63, 3.8) is 0 Å². The van der Waals surface area contributed by atoms with Gasteiger partial charge in [-0.05, 0) is 58.7 Å². The molecule has 0 bridgehead atoms. The molecule has 0 aliphatic carbocycles. The zero-order valence-corrected chi connectivity index (χ0v) is 12.8.